The molecule has 0 amide bonds. The number of aromatic carboxylic acids is 1. The molecule has 2 aromatic rings. The van der Waals surface area contributed by atoms with E-state index in [9.17, 15) is 13.2 Å². The minimum Gasteiger partial charge on any atom is -0.478 e. The van der Waals surface area contributed by atoms with Crippen molar-refractivity contribution in [3.05, 3.63) is 40.6 Å². The lowest BCUT2D eigenvalue weighted by atomic mass is 10.2. The van der Waals surface area contributed by atoms with Crippen LogP contribution in [0.2, 0.25) is 5.02 Å². The Morgan fingerprint density at radius 1 is 1.33 bits per heavy atom. The molecule has 0 saturated carbocycles. The Morgan fingerprint density at radius 2 is 2.00 bits per heavy atom. The van der Waals surface area contributed by atoms with Gasteiger partial charge in [-0.1, -0.05) is 18.5 Å². The van der Waals surface area contributed by atoms with Crippen LogP contribution in [0.5, 0.6) is 0 Å². The Hall–Kier alpha value is -1.93. The molecule has 9 heteroatoms. The number of benzene rings is 1. The number of carbonyl (C=O) groups is 1. The Bertz CT molecular complexity index is 785. The highest BCUT2D eigenvalue weighted by Crippen LogP contribution is 2.25. The molecule has 1 aromatic carbocycles. The largest absolute Gasteiger partial charge is 0.478 e. The first-order valence-corrected chi connectivity index (χ1v) is 7.93. The first-order chi connectivity index (χ1) is 9.83. The Balaban J connectivity index is 2.39. The van der Waals surface area contributed by atoms with Crippen molar-refractivity contribution < 1.29 is 22.7 Å². The first-order valence-electron chi connectivity index (χ1n) is 5.90. The summed E-state index contributed by atoms with van der Waals surface area (Å²) < 4.78 is 29.7. The highest BCUT2D eigenvalue weighted by atomic mass is 35.5. The van der Waals surface area contributed by atoms with Crippen LogP contribution in [0.15, 0.2) is 27.5 Å². The molecule has 1 N–H and O–H groups in total. The molecule has 0 aliphatic carbocycles. The molecule has 7 nitrogen and oxygen atoms in total. The van der Waals surface area contributed by atoms with Crippen LogP contribution in [-0.2, 0) is 22.0 Å². The van der Waals surface area contributed by atoms with Crippen molar-refractivity contribution in [3.8, 4) is 0 Å². The van der Waals surface area contributed by atoms with Crippen LogP contribution in [-0.4, -0.2) is 29.7 Å². The van der Waals surface area contributed by atoms with Gasteiger partial charge in [-0.2, -0.15) is 0 Å². The van der Waals surface area contributed by atoms with E-state index < -0.39 is 21.6 Å². The molecule has 0 aliphatic rings. The number of aryl methyl sites for hydroxylation is 1. The minimum absolute atomic E-state index is 0.0600. The third-order valence-electron chi connectivity index (χ3n) is 2.64. The van der Waals surface area contributed by atoms with Gasteiger partial charge in [0.05, 0.1) is 15.5 Å². The molecular formula is C12H11ClN2O5S. The summed E-state index contributed by atoms with van der Waals surface area (Å²) in [6, 6.07) is 3.46. The van der Waals surface area contributed by atoms with Gasteiger partial charge in [0.25, 0.3) is 0 Å². The summed E-state index contributed by atoms with van der Waals surface area (Å²) >= 11 is 5.85. The predicted molar refractivity (Wildman–Crippen MR) is 73.0 cm³/mol. The van der Waals surface area contributed by atoms with Gasteiger partial charge in [0, 0.05) is 6.42 Å². The van der Waals surface area contributed by atoms with Gasteiger partial charge in [-0.05, 0) is 18.2 Å². The fraction of sp³-hybridized carbons (Fsp3) is 0.250. The second-order valence-corrected chi connectivity index (χ2v) is 6.52. The van der Waals surface area contributed by atoms with Crippen LogP contribution in [0.4, 0.5) is 0 Å². The summed E-state index contributed by atoms with van der Waals surface area (Å²) in [6.07, 6.45) is 0.488. The van der Waals surface area contributed by atoms with Crippen LogP contribution >= 0.6 is 11.6 Å². The standard InChI is InChI=1S/C12H11ClN2O5S/c1-2-10-14-15-11(20-10)6-21(18,19)9-5-7(12(16)17)3-4-8(9)13/h3-5H,2,6H2,1H3,(H,16,17). The number of carboxylic acids is 1. The number of halogens is 1. The van der Waals surface area contributed by atoms with Crippen molar-refractivity contribution in [2.24, 2.45) is 0 Å². The van der Waals surface area contributed by atoms with Gasteiger partial charge in [-0.15, -0.1) is 10.2 Å². The average Bonchev–Trinajstić information content (AvgIpc) is 2.85. The van der Waals surface area contributed by atoms with Gasteiger partial charge >= 0.3 is 5.97 Å². The third kappa shape index (κ3) is 3.40. The molecule has 1 aromatic heterocycles. The van der Waals surface area contributed by atoms with E-state index in [1.165, 1.54) is 12.1 Å². The molecule has 0 saturated heterocycles. The minimum atomic E-state index is -3.89. The van der Waals surface area contributed by atoms with Crippen LogP contribution < -0.4 is 0 Å². The van der Waals surface area contributed by atoms with E-state index in [2.05, 4.69) is 10.2 Å². The zero-order valence-corrected chi connectivity index (χ0v) is 12.5. The van der Waals surface area contributed by atoms with Gasteiger partial charge in [-0.3, -0.25) is 0 Å². The van der Waals surface area contributed by atoms with E-state index >= 15 is 0 Å². The second kappa shape index (κ2) is 5.82. The van der Waals surface area contributed by atoms with Crippen LogP contribution in [0.1, 0.15) is 29.1 Å². The molecule has 21 heavy (non-hydrogen) atoms. The first kappa shape index (κ1) is 15.5. The summed E-state index contributed by atoms with van der Waals surface area (Å²) in [5.41, 5.74) is -0.169. The summed E-state index contributed by atoms with van der Waals surface area (Å²) in [4.78, 5) is 10.6. The van der Waals surface area contributed by atoms with E-state index in [1.54, 1.807) is 6.92 Å². The third-order valence-corrected chi connectivity index (χ3v) is 4.71. The zero-order valence-electron chi connectivity index (χ0n) is 10.9. The van der Waals surface area contributed by atoms with E-state index in [1.807, 2.05) is 0 Å². The number of aromatic nitrogens is 2. The number of sulfone groups is 1. The molecule has 1 heterocycles. The van der Waals surface area contributed by atoms with Gasteiger partial charge in [-0.25, -0.2) is 13.2 Å². The fourth-order valence-electron chi connectivity index (χ4n) is 1.60. The van der Waals surface area contributed by atoms with Gasteiger partial charge in [0.15, 0.2) is 9.84 Å². The molecule has 2 rings (SSSR count). The fourth-order valence-corrected chi connectivity index (χ4v) is 3.34. The Labute approximate surface area is 125 Å². The number of nitrogens with zero attached hydrogens (tertiary/aromatic N) is 2. The highest BCUT2D eigenvalue weighted by Gasteiger charge is 2.23. The van der Waals surface area contributed by atoms with Gasteiger partial charge < -0.3 is 9.52 Å². The Morgan fingerprint density at radius 3 is 2.57 bits per heavy atom. The van der Waals surface area contributed by atoms with Crippen molar-refractivity contribution in [1.82, 2.24) is 10.2 Å². The van der Waals surface area contributed by atoms with Crippen LogP contribution in [0.25, 0.3) is 0 Å². The monoisotopic (exact) mass is 330 g/mol. The second-order valence-electron chi connectivity index (χ2n) is 4.15. The quantitative estimate of drug-likeness (QED) is 0.891. The lowest BCUT2D eigenvalue weighted by molar-refractivity contribution is 0.0696. The van der Waals surface area contributed by atoms with Crippen LogP contribution in [0, 0.1) is 0 Å². The average molecular weight is 331 g/mol. The maximum absolute atomic E-state index is 12.3. The Kier molecular flexibility index (Phi) is 4.29. The molecular weight excluding hydrogens is 320 g/mol. The number of rotatable bonds is 5. The van der Waals surface area contributed by atoms with Crippen molar-refractivity contribution in [1.29, 1.82) is 0 Å². The zero-order chi connectivity index (χ0) is 15.6. The van der Waals surface area contributed by atoms with Crippen molar-refractivity contribution in [2.45, 2.75) is 24.0 Å². The molecule has 0 fully saturated rings. The molecule has 0 unspecified atom stereocenters. The van der Waals surface area contributed by atoms with E-state index in [0.29, 0.717) is 12.3 Å². The summed E-state index contributed by atoms with van der Waals surface area (Å²) in [5.74, 6) is -1.52. The maximum atomic E-state index is 12.3. The van der Waals surface area contributed by atoms with E-state index in [-0.39, 0.29) is 21.4 Å². The SMILES string of the molecule is CCc1nnc(CS(=O)(=O)c2cc(C(=O)O)ccc2Cl)o1. The number of hydrogen-bond acceptors (Lipinski definition) is 6. The predicted octanol–water partition coefficient (Wildman–Crippen LogP) is 1.96. The number of hydrogen-bond donors (Lipinski definition) is 1. The maximum Gasteiger partial charge on any atom is 0.335 e. The molecule has 0 radical (unpaired) electrons. The normalized spacial score (nSPS) is 11.5. The molecule has 0 aliphatic heterocycles. The molecule has 112 valence electrons. The van der Waals surface area contributed by atoms with E-state index in [4.69, 9.17) is 21.1 Å². The molecule has 0 spiro atoms. The van der Waals surface area contributed by atoms with Crippen LogP contribution in [0.3, 0.4) is 0 Å². The lowest BCUT2D eigenvalue weighted by Crippen LogP contribution is -2.08. The van der Waals surface area contributed by atoms with E-state index in [0.717, 1.165) is 6.07 Å². The highest BCUT2D eigenvalue weighted by molar-refractivity contribution is 7.90. The lowest BCUT2D eigenvalue weighted by Gasteiger charge is -2.05. The molecule has 0 bridgehead atoms. The molecule has 0 atom stereocenters. The summed E-state index contributed by atoms with van der Waals surface area (Å²) in [7, 11) is -3.89. The van der Waals surface area contributed by atoms with Crippen molar-refractivity contribution in [2.75, 3.05) is 0 Å². The topological polar surface area (TPSA) is 110 Å². The van der Waals surface area contributed by atoms with Crippen molar-refractivity contribution in [3.63, 3.8) is 0 Å². The number of carboxylic acid groups (broad SMARTS) is 1. The van der Waals surface area contributed by atoms with Gasteiger partial charge in [0.2, 0.25) is 11.8 Å². The smallest absolute Gasteiger partial charge is 0.335 e. The van der Waals surface area contributed by atoms with Gasteiger partial charge in [0.1, 0.15) is 5.75 Å². The summed E-state index contributed by atoms with van der Waals surface area (Å²) in [5, 5.41) is 16.2. The summed E-state index contributed by atoms with van der Waals surface area (Å²) in [6.45, 7) is 1.79. The van der Waals surface area contributed by atoms with Crippen molar-refractivity contribution >= 4 is 27.4 Å².